The number of ether oxygens (including phenoxy) is 1. The van der Waals surface area contributed by atoms with Gasteiger partial charge in [-0.05, 0) is 22.3 Å². The van der Waals surface area contributed by atoms with Gasteiger partial charge in [0.25, 0.3) is 0 Å². The van der Waals surface area contributed by atoms with Crippen molar-refractivity contribution in [2.75, 3.05) is 24.7 Å². The zero-order chi connectivity index (χ0) is 24.6. The fraction of sp³-hybridized carbons (Fsp3) is 0.292. The van der Waals surface area contributed by atoms with Crippen LogP contribution in [0.1, 0.15) is 22.7 Å². The molecule has 0 aliphatic heterocycles. The standard InChI is InChI=1S/C24H25N5O5S/c30-22(25-9-10-35-15-23(31)32)13-29-12-16(27-28-29)11-26-24(33)34-14-21-19-7-3-1-5-17(19)18-6-2-4-8-20(18)21/h1-8,12,21H,9-11,13-15H2,(H,25,30)(H,26,33)(H,31,32). The van der Waals surface area contributed by atoms with E-state index in [9.17, 15) is 14.4 Å². The van der Waals surface area contributed by atoms with E-state index in [1.165, 1.54) is 16.4 Å². The number of carbonyl (C=O) groups excluding carboxylic acids is 2. The first-order valence-corrected chi connectivity index (χ1v) is 12.2. The molecule has 35 heavy (non-hydrogen) atoms. The van der Waals surface area contributed by atoms with E-state index >= 15 is 0 Å². The number of amides is 2. The van der Waals surface area contributed by atoms with E-state index in [0.29, 0.717) is 18.0 Å². The van der Waals surface area contributed by atoms with Crippen LogP contribution in [0.5, 0.6) is 0 Å². The van der Waals surface area contributed by atoms with Crippen molar-refractivity contribution in [2.24, 2.45) is 0 Å². The lowest BCUT2D eigenvalue weighted by Crippen LogP contribution is -2.29. The molecule has 11 heteroatoms. The molecule has 2 amide bonds. The number of nitrogens with one attached hydrogen (secondary N) is 2. The molecule has 0 radical (unpaired) electrons. The van der Waals surface area contributed by atoms with Crippen molar-refractivity contribution in [2.45, 2.75) is 19.0 Å². The highest BCUT2D eigenvalue weighted by molar-refractivity contribution is 7.99. The number of hydrogen-bond donors (Lipinski definition) is 3. The molecule has 1 aliphatic carbocycles. The summed E-state index contributed by atoms with van der Waals surface area (Å²) < 4.78 is 6.87. The summed E-state index contributed by atoms with van der Waals surface area (Å²) in [6.07, 6.45) is 1.01. The van der Waals surface area contributed by atoms with Crippen molar-refractivity contribution in [1.82, 2.24) is 25.6 Å². The highest BCUT2D eigenvalue weighted by atomic mass is 32.2. The lowest BCUT2D eigenvalue weighted by Gasteiger charge is -2.14. The molecule has 2 aromatic carbocycles. The number of carbonyl (C=O) groups is 3. The fourth-order valence-electron chi connectivity index (χ4n) is 3.93. The van der Waals surface area contributed by atoms with E-state index in [0.717, 1.165) is 22.3 Å². The number of thioether (sulfide) groups is 1. The smallest absolute Gasteiger partial charge is 0.407 e. The third-order valence-electron chi connectivity index (χ3n) is 5.44. The summed E-state index contributed by atoms with van der Waals surface area (Å²) in [7, 11) is 0. The minimum Gasteiger partial charge on any atom is -0.481 e. The van der Waals surface area contributed by atoms with Gasteiger partial charge in [-0.2, -0.15) is 0 Å². The summed E-state index contributed by atoms with van der Waals surface area (Å²) in [5.74, 6) is -0.663. The molecule has 182 valence electrons. The maximum Gasteiger partial charge on any atom is 0.407 e. The topological polar surface area (TPSA) is 135 Å². The van der Waals surface area contributed by atoms with Crippen LogP contribution < -0.4 is 10.6 Å². The zero-order valence-corrected chi connectivity index (χ0v) is 19.7. The van der Waals surface area contributed by atoms with Crippen molar-refractivity contribution in [3.05, 3.63) is 71.5 Å². The molecule has 3 N–H and O–H groups in total. The van der Waals surface area contributed by atoms with Gasteiger partial charge in [-0.3, -0.25) is 9.59 Å². The molecular weight excluding hydrogens is 470 g/mol. The summed E-state index contributed by atoms with van der Waals surface area (Å²) in [5.41, 5.74) is 5.10. The molecule has 0 saturated heterocycles. The number of aliphatic carboxylic acids is 1. The summed E-state index contributed by atoms with van der Waals surface area (Å²) in [5, 5.41) is 21.8. The maximum absolute atomic E-state index is 12.3. The van der Waals surface area contributed by atoms with Gasteiger partial charge < -0.3 is 20.5 Å². The van der Waals surface area contributed by atoms with Crippen LogP contribution in [0.15, 0.2) is 54.7 Å². The number of benzene rings is 2. The van der Waals surface area contributed by atoms with Gasteiger partial charge in [0.2, 0.25) is 5.91 Å². The summed E-state index contributed by atoms with van der Waals surface area (Å²) in [4.78, 5) is 34.7. The third kappa shape index (κ3) is 6.38. The third-order valence-corrected chi connectivity index (χ3v) is 6.39. The van der Waals surface area contributed by atoms with Crippen LogP contribution in [-0.4, -0.2) is 62.7 Å². The minimum absolute atomic E-state index is 0.00101. The first-order chi connectivity index (χ1) is 17.0. The lowest BCUT2D eigenvalue weighted by atomic mass is 9.98. The average Bonchev–Trinajstić information content (AvgIpc) is 3.43. The van der Waals surface area contributed by atoms with Gasteiger partial charge >= 0.3 is 12.1 Å². The first kappa shape index (κ1) is 24.3. The van der Waals surface area contributed by atoms with Gasteiger partial charge in [0.15, 0.2) is 0 Å². The van der Waals surface area contributed by atoms with Gasteiger partial charge in [0, 0.05) is 18.2 Å². The summed E-state index contributed by atoms with van der Waals surface area (Å²) >= 11 is 1.23. The first-order valence-electron chi connectivity index (χ1n) is 11.1. The van der Waals surface area contributed by atoms with Crippen LogP contribution in [0.2, 0.25) is 0 Å². The minimum atomic E-state index is -0.886. The van der Waals surface area contributed by atoms with Crippen molar-refractivity contribution in [3.63, 3.8) is 0 Å². The van der Waals surface area contributed by atoms with Gasteiger partial charge in [-0.15, -0.1) is 16.9 Å². The number of nitrogens with zero attached hydrogens (tertiary/aromatic N) is 3. The Kier molecular flexibility index (Phi) is 7.99. The van der Waals surface area contributed by atoms with Crippen molar-refractivity contribution in [1.29, 1.82) is 0 Å². The van der Waals surface area contributed by atoms with Gasteiger partial charge in [-0.1, -0.05) is 53.7 Å². The Labute approximate surface area is 206 Å². The van der Waals surface area contributed by atoms with Gasteiger partial charge in [0.05, 0.1) is 18.5 Å². The number of carboxylic acid groups (broad SMARTS) is 1. The zero-order valence-electron chi connectivity index (χ0n) is 18.8. The molecule has 0 spiro atoms. The second-order valence-corrected chi connectivity index (χ2v) is 8.99. The molecule has 1 heterocycles. The number of rotatable bonds is 11. The highest BCUT2D eigenvalue weighted by Crippen LogP contribution is 2.44. The second-order valence-electron chi connectivity index (χ2n) is 7.88. The van der Waals surface area contributed by atoms with Crippen LogP contribution in [0.4, 0.5) is 4.79 Å². The van der Waals surface area contributed by atoms with Crippen LogP contribution in [-0.2, 0) is 27.4 Å². The van der Waals surface area contributed by atoms with E-state index in [1.807, 2.05) is 24.3 Å². The molecule has 4 rings (SSSR count). The van der Waals surface area contributed by atoms with E-state index in [-0.39, 0.29) is 37.3 Å². The van der Waals surface area contributed by atoms with Gasteiger partial charge in [0.1, 0.15) is 18.8 Å². The van der Waals surface area contributed by atoms with E-state index < -0.39 is 12.1 Å². The molecule has 10 nitrogen and oxygen atoms in total. The number of fused-ring (bicyclic) bond motifs is 3. The highest BCUT2D eigenvalue weighted by Gasteiger charge is 2.29. The number of carboxylic acids is 1. The Balaban J connectivity index is 1.20. The van der Waals surface area contributed by atoms with Crippen molar-refractivity contribution >= 4 is 29.7 Å². The van der Waals surface area contributed by atoms with Crippen LogP contribution >= 0.6 is 11.8 Å². The fourth-order valence-corrected chi connectivity index (χ4v) is 4.50. The molecule has 1 aliphatic rings. The summed E-state index contributed by atoms with van der Waals surface area (Å²) in [6, 6.07) is 16.3. The molecule has 1 aromatic heterocycles. The normalized spacial score (nSPS) is 12.0. The average molecular weight is 496 g/mol. The van der Waals surface area contributed by atoms with Crippen LogP contribution in [0, 0.1) is 0 Å². The van der Waals surface area contributed by atoms with Gasteiger partial charge in [-0.25, -0.2) is 9.48 Å². The maximum atomic E-state index is 12.3. The Bertz CT molecular complexity index is 1170. The number of aromatic nitrogens is 3. The van der Waals surface area contributed by atoms with Crippen molar-refractivity contribution < 1.29 is 24.2 Å². The lowest BCUT2D eigenvalue weighted by molar-refractivity contribution is -0.133. The number of alkyl carbamates (subject to hydrolysis) is 1. The van der Waals surface area contributed by atoms with Crippen molar-refractivity contribution in [3.8, 4) is 11.1 Å². The molecule has 0 unspecified atom stereocenters. The molecule has 0 fully saturated rings. The van der Waals surface area contributed by atoms with Crippen LogP contribution in [0.3, 0.4) is 0 Å². The molecule has 0 bridgehead atoms. The predicted molar refractivity (Wildman–Crippen MR) is 130 cm³/mol. The Hall–Kier alpha value is -3.86. The van der Waals surface area contributed by atoms with Crippen LogP contribution in [0.25, 0.3) is 11.1 Å². The predicted octanol–water partition coefficient (Wildman–Crippen LogP) is 2.25. The Morgan fingerprint density at radius 2 is 1.71 bits per heavy atom. The number of hydrogen-bond acceptors (Lipinski definition) is 7. The Morgan fingerprint density at radius 3 is 2.40 bits per heavy atom. The SMILES string of the molecule is O=C(O)CSCCNC(=O)Cn1cc(CNC(=O)OCC2c3ccccc3-c3ccccc32)nn1. The largest absolute Gasteiger partial charge is 0.481 e. The summed E-state index contributed by atoms with van der Waals surface area (Å²) in [6.45, 7) is 0.671. The van der Waals surface area contributed by atoms with E-state index in [4.69, 9.17) is 9.84 Å². The molecule has 0 saturated carbocycles. The van der Waals surface area contributed by atoms with E-state index in [1.54, 1.807) is 6.20 Å². The quantitative estimate of drug-likeness (QED) is 0.345. The van der Waals surface area contributed by atoms with E-state index in [2.05, 4.69) is 45.2 Å². The molecular formula is C24H25N5O5S. The molecule has 0 atom stereocenters. The monoisotopic (exact) mass is 495 g/mol. The second kappa shape index (κ2) is 11.5. The molecule has 3 aromatic rings. The Morgan fingerprint density at radius 1 is 1.03 bits per heavy atom.